The molecule has 0 aromatic rings. The van der Waals surface area contributed by atoms with E-state index in [-0.39, 0.29) is 0 Å². The fourth-order valence-corrected chi connectivity index (χ4v) is 8.14. The zero-order chi connectivity index (χ0) is 14.4. The summed E-state index contributed by atoms with van der Waals surface area (Å²) in [7, 11) is 0. The van der Waals surface area contributed by atoms with Gasteiger partial charge in [-0.1, -0.05) is 0 Å². The van der Waals surface area contributed by atoms with Crippen molar-refractivity contribution >= 4 is 0 Å². The summed E-state index contributed by atoms with van der Waals surface area (Å²) in [5.74, 6) is 5.94. The van der Waals surface area contributed by atoms with E-state index in [2.05, 4.69) is 0 Å². The molecule has 10 aliphatic carbocycles. The predicted octanol–water partition coefficient (Wildman–Crippen LogP) is 5.38. The van der Waals surface area contributed by atoms with Crippen LogP contribution in [-0.2, 0) is 0 Å². The zero-order valence-corrected chi connectivity index (χ0v) is 13.8. The molecule has 0 aromatic carbocycles. The Labute approximate surface area is 134 Å². The summed E-state index contributed by atoms with van der Waals surface area (Å²) in [6.07, 6.45) is 17.4. The molecule has 0 radical (unpaired) electrons. The summed E-state index contributed by atoms with van der Waals surface area (Å²) in [6, 6.07) is 0. The minimum Gasteiger partial charge on any atom is -0.187 e. The number of nitrogens with zero attached hydrogens (tertiary/aromatic N) is 2. The maximum atomic E-state index is 5.29. The van der Waals surface area contributed by atoms with Crippen LogP contribution in [0.3, 0.4) is 0 Å². The Morgan fingerprint density at radius 2 is 1.05 bits per heavy atom. The largest absolute Gasteiger partial charge is 0.187 e. The molecule has 0 aromatic heterocycles. The number of hydrogen-bond acceptors (Lipinski definition) is 2. The SMILES string of the molecule is C1CC2(N=NC34CCC5CC3CCC5C4)CC3CCC2CC13. The molecule has 22 heavy (non-hydrogen) atoms. The van der Waals surface area contributed by atoms with Crippen LogP contribution in [0, 0.1) is 35.5 Å². The van der Waals surface area contributed by atoms with Gasteiger partial charge in [-0.3, -0.25) is 0 Å². The molecule has 10 rings (SSSR count). The van der Waals surface area contributed by atoms with E-state index < -0.39 is 0 Å². The van der Waals surface area contributed by atoms with E-state index in [0.717, 1.165) is 35.5 Å². The van der Waals surface area contributed by atoms with Gasteiger partial charge in [0.15, 0.2) is 0 Å². The summed E-state index contributed by atoms with van der Waals surface area (Å²) in [4.78, 5) is 0. The fourth-order valence-electron chi connectivity index (χ4n) is 8.14. The topological polar surface area (TPSA) is 24.7 Å². The molecule has 2 heteroatoms. The number of azo groups is 1. The molecule has 0 amide bonds. The quantitative estimate of drug-likeness (QED) is 0.612. The van der Waals surface area contributed by atoms with Gasteiger partial charge >= 0.3 is 0 Å². The van der Waals surface area contributed by atoms with Gasteiger partial charge in [-0.15, -0.1) is 0 Å². The molecule has 0 saturated heterocycles. The van der Waals surface area contributed by atoms with E-state index in [9.17, 15) is 0 Å². The third-order valence-electron chi connectivity index (χ3n) is 9.38. The summed E-state index contributed by atoms with van der Waals surface area (Å²) in [5.41, 5.74) is 0.611. The van der Waals surface area contributed by atoms with Crippen molar-refractivity contribution in [2.24, 2.45) is 45.7 Å². The first-order chi connectivity index (χ1) is 10.8. The Hall–Kier alpha value is -0.400. The number of hydrogen-bond donors (Lipinski definition) is 0. The van der Waals surface area contributed by atoms with E-state index >= 15 is 0 Å². The molecule has 10 fully saturated rings. The van der Waals surface area contributed by atoms with Gasteiger partial charge in [0, 0.05) is 0 Å². The Kier molecular flexibility index (Phi) is 2.45. The lowest BCUT2D eigenvalue weighted by Crippen LogP contribution is -2.56. The molecule has 10 aliphatic rings. The second kappa shape index (κ2) is 4.16. The van der Waals surface area contributed by atoms with Crippen LogP contribution in [-0.4, -0.2) is 11.1 Å². The lowest BCUT2D eigenvalue weighted by Gasteiger charge is -2.59. The molecule has 0 spiro atoms. The minimum atomic E-state index is 0.306. The fraction of sp³-hybridized carbons (Fsp3) is 1.00. The molecule has 8 bridgehead atoms. The van der Waals surface area contributed by atoms with E-state index in [4.69, 9.17) is 10.2 Å². The van der Waals surface area contributed by atoms with Crippen LogP contribution >= 0.6 is 0 Å². The lowest BCUT2D eigenvalue weighted by atomic mass is 9.49. The van der Waals surface area contributed by atoms with Crippen molar-refractivity contribution in [1.29, 1.82) is 0 Å². The monoisotopic (exact) mass is 298 g/mol. The van der Waals surface area contributed by atoms with Gasteiger partial charge in [-0.05, 0) is 113 Å². The maximum Gasteiger partial charge on any atom is 0.0847 e. The second-order valence-electron chi connectivity index (χ2n) is 9.95. The van der Waals surface area contributed by atoms with Crippen molar-refractivity contribution in [2.75, 3.05) is 0 Å². The van der Waals surface area contributed by atoms with E-state index in [1.54, 1.807) is 0 Å². The molecule has 8 atom stereocenters. The molecule has 120 valence electrons. The van der Waals surface area contributed by atoms with Crippen LogP contribution in [0.2, 0.25) is 0 Å². The molecule has 2 nitrogen and oxygen atoms in total. The Morgan fingerprint density at radius 3 is 1.45 bits per heavy atom. The standard InChI is InChI=1S/C20H30N2/c1-3-17-9-13-5-7-19(17,11-15(1)13)21-22-20-8-6-14-10-18(20)4-2-16(14)12-20/h13-18H,1-12H2. The van der Waals surface area contributed by atoms with Gasteiger partial charge in [-0.25, -0.2) is 0 Å². The first-order valence-electron chi connectivity index (χ1n) is 10.2. The van der Waals surface area contributed by atoms with Gasteiger partial charge < -0.3 is 0 Å². The average Bonchev–Trinajstić information content (AvgIpc) is 2.61. The van der Waals surface area contributed by atoms with Gasteiger partial charge in [0.1, 0.15) is 0 Å². The van der Waals surface area contributed by atoms with E-state index in [1.807, 2.05) is 0 Å². The highest BCUT2D eigenvalue weighted by Gasteiger charge is 2.58. The zero-order valence-electron chi connectivity index (χ0n) is 13.8. The highest BCUT2D eigenvalue weighted by molar-refractivity contribution is 5.12. The van der Waals surface area contributed by atoms with Crippen molar-refractivity contribution in [2.45, 2.75) is 88.1 Å². The molecule has 8 unspecified atom stereocenters. The molecule has 0 aliphatic heterocycles. The van der Waals surface area contributed by atoms with Crippen LogP contribution in [0.1, 0.15) is 77.0 Å². The van der Waals surface area contributed by atoms with Crippen molar-refractivity contribution in [3.8, 4) is 0 Å². The van der Waals surface area contributed by atoms with Crippen LogP contribution < -0.4 is 0 Å². The summed E-state index contributed by atoms with van der Waals surface area (Å²) in [5, 5.41) is 10.6. The maximum absolute atomic E-state index is 5.29. The van der Waals surface area contributed by atoms with Crippen LogP contribution in [0.25, 0.3) is 0 Å². The number of rotatable bonds is 2. The van der Waals surface area contributed by atoms with Gasteiger partial charge in [0.25, 0.3) is 0 Å². The predicted molar refractivity (Wildman–Crippen MR) is 86.7 cm³/mol. The van der Waals surface area contributed by atoms with Crippen molar-refractivity contribution < 1.29 is 0 Å². The smallest absolute Gasteiger partial charge is 0.0847 e. The number of fused-ring (bicyclic) bond motifs is 4. The third kappa shape index (κ3) is 1.53. The van der Waals surface area contributed by atoms with E-state index in [0.29, 0.717) is 11.1 Å². The van der Waals surface area contributed by atoms with Crippen LogP contribution in [0.4, 0.5) is 0 Å². The van der Waals surface area contributed by atoms with Crippen molar-refractivity contribution in [1.82, 2.24) is 0 Å². The minimum absolute atomic E-state index is 0.306. The Balaban J connectivity index is 1.33. The summed E-state index contributed by atoms with van der Waals surface area (Å²) >= 11 is 0. The molecular weight excluding hydrogens is 268 g/mol. The lowest BCUT2D eigenvalue weighted by molar-refractivity contribution is -0.0588. The van der Waals surface area contributed by atoms with Gasteiger partial charge in [-0.2, -0.15) is 10.2 Å². The first kappa shape index (κ1) is 13.0. The molecule has 0 N–H and O–H groups in total. The average molecular weight is 298 g/mol. The van der Waals surface area contributed by atoms with Crippen molar-refractivity contribution in [3.63, 3.8) is 0 Å². The van der Waals surface area contributed by atoms with Crippen LogP contribution in [0.15, 0.2) is 10.2 Å². The molecule has 10 saturated carbocycles. The highest BCUT2D eigenvalue weighted by atomic mass is 15.2. The first-order valence-corrected chi connectivity index (χ1v) is 10.2. The molecule has 0 heterocycles. The summed E-state index contributed by atoms with van der Waals surface area (Å²) in [6.45, 7) is 0. The van der Waals surface area contributed by atoms with E-state index in [1.165, 1.54) is 77.0 Å². The normalized spacial score (nSPS) is 61.5. The van der Waals surface area contributed by atoms with Crippen molar-refractivity contribution in [3.05, 3.63) is 0 Å². The highest BCUT2D eigenvalue weighted by Crippen LogP contribution is 2.62. The van der Waals surface area contributed by atoms with Gasteiger partial charge in [0.05, 0.1) is 11.1 Å². The Morgan fingerprint density at radius 1 is 0.545 bits per heavy atom. The Bertz CT molecular complexity index is 482. The van der Waals surface area contributed by atoms with Gasteiger partial charge in [0.2, 0.25) is 0 Å². The van der Waals surface area contributed by atoms with Crippen LogP contribution in [0.5, 0.6) is 0 Å². The second-order valence-corrected chi connectivity index (χ2v) is 9.95. The molecular formula is C20H30N2. The third-order valence-corrected chi connectivity index (χ3v) is 9.38. The summed E-state index contributed by atoms with van der Waals surface area (Å²) < 4.78 is 0.